The lowest BCUT2D eigenvalue weighted by Crippen LogP contribution is -2.14. The third kappa shape index (κ3) is 3.26. The highest BCUT2D eigenvalue weighted by molar-refractivity contribution is 7.92. The number of nitro groups is 1. The minimum Gasteiger partial charge on any atom is -0.393 e. The maximum Gasteiger partial charge on any atom is 0.294 e. The van der Waals surface area contributed by atoms with Crippen molar-refractivity contribution in [2.75, 3.05) is 10.5 Å². The third-order valence-electron chi connectivity index (χ3n) is 2.66. The molecular weight excluding hydrogens is 337 g/mol. The van der Waals surface area contributed by atoms with Crippen molar-refractivity contribution in [1.82, 2.24) is 0 Å². The molecule has 0 aliphatic carbocycles. The molecule has 10 heteroatoms. The molecule has 0 aliphatic rings. The van der Waals surface area contributed by atoms with E-state index in [1.165, 1.54) is 18.2 Å². The van der Waals surface area contributed by atoms with Crippen LogP contribution in [0.2, 0.25) is 5.02 Å². The fourth-order valence-electron chi connectivity index (χ4n) is 1.67. The summed E-state index contributed by atoms with van der Waals surface area (Å²) in [5.41, 5.74) is 4.72. The van der Waals surface area contributed by atoms with E-state index in [9.17, 15) is 22.9 Å². The van der Waals surface area contributed by atoms with Gasteiger partial charge in [-0.3, -0.25) is 14.8 Å². The second-order valence-electron chi connectivity index (χ2n) is 4.21. The fraction of sp³-hybridized carbons (Fsp3) is 0. The lowest BCUT2D eigenvalue weighted by molar-refractivity contribution is -0.383. The number of halogens is 2. The highest BCUT2D eigenvalue weighted by Gasteiger charge is 2.21. The Balaban J connectivity index is 2.41. The van der Waals surface area contributed by atoms with E-state index in [0.29, 0.717) is 0 Å². The first-order valence-corrected chi connectivity index (χ1v) is 7.58. The zero-order valence-electron chi connectivity index (χ0n) is 10.8. The Morgan fingerprint density at radius 3 is 2.50 bits per heavy atom. The van der Waals surface area contributed by atoms with Crippen LogP contribution >= 0.6 is 11.6 Å². The van der Waals surface area contributed by atoms with E-state index in [-0.39, 0.29) is 16.4 Å². The van der Waals surface area contributed by atoms with Crippen molar-refractivity contribution in [1.29, 1.82) is 0 Å². The number of anilines is 2. The minimum absolute atomic E-state index is 0.0413. The summed E-state index contributed by atoms with van der Waals surface area (Å²) in [7, 11) is -4.26. The Bertz CT molecular complexity index is 857. The van der Waals surface area contributed by atoms with Gasteiger partial charge in [0, 0.05) is 11.1 Å². The Kier molecular flexibility index (Phi) is 4.20. The molecule has 0 unspecified atom stereocenters. The second-order valence-corrected chi connectivity index (χ2v) is 6.30. The zero-order valence-corrected chi connectivity index (χ0v) is 12.4. The molecule has 2 aromatic carbocycles. The third-order valence-corrected chi connectivity index (χ3v) is 4.31. The predicted molar refractivity (Wildman–Crippen MR) is 79.7 cm³/mol. The Morgan fingerprint density at radius 1 is 1.23 bits per heavy atom. The number of nitrogens with two attached hydrogens (primary N) is 1. The van der Waals surface area contributed by atoms with E-state index in [4.69, 9.17) is 17.3 Å². The van der Waals surface area contributed by atoms with Crippen LogP contribution in [0.5, 0.6) is 0 Å². The summed E-state index contributed by atoms with van der Waals surface area (Å²) in [6.45, 7) is 0. The maximum atomic E-state index is 13.7. The number of nitro benzene ring substituents is 1. The number of nitrogens with one attached hydrogen (secondary N) is 1. The van der Waals surface area contributed by atoms with Gasteiger partial charge in [-0.2, -0.15) is 0 Å². The summed E-state index contributed by atoms with van der Waals surface area (Å²) in [5.74, 6) is -1.04. The topological polar surface area (TPSA) is 115 Å². The molecule has 2 rings (SSSR count). The van der Waals surface area contributed by atoms with Crippen molar-refractivity contribution >= 4 is 38.7 Å². The summed E-state index contributed by atoms with van der Waals surface area (Å²) in [6.07, 6.45) is 0. The first-order valence-electron chi connectivity index (χ1n) is 5.72. The summed E-state index contributed by atoms with van der Waals surface area (Å²) >= 11 is 5.56. The molecule has 0 spiro atoms. The van der Waals surface area contributed by atoms with Crippen molar-refractivity contribution in [3.63, 3.8) is 0 Å². The lowest BCUT2D eigenvalue weighted by atomic mass is 10.2. The van der Waals surface area contributed by atoms with E-state index in [2.05, 4.69) is 0 Å². The standard InChI is InChI=1S/C12H9ClFN3O4S/c13-7-1-4-12(9(14)5-7)22(20,21)16-8-2-3-10(15)11(6-8)17(18)19/h1-6,16H,15H2. The number of nitrogens with zero attached hydrogens (tertiary/aromatic N) is 1. The van der Waals surface area contributed by atoms with Gasteiger partial charge in [-0.05, 0) is 30.3 Å². The molecule has 2 aromatic rings. The van der Waals surface area contributed by atoms with Gasteiger partial charge in [-0.1, -0.05) is 11.6 Å². The highest BCUT2D eigenvalue weighted by atomic mass is 35.5. The average molecular weight is 346 g/mol. The number of sulfonamides is 1. The van der Waals surface area contributed by atoms with Crippen molar-refractivity contribution in [2.24, 2.45) is 0 Å². The molecule has 0 atom stereocenters. The quantitative estimate of drug-likeness (QED) is 0.502. The van der Waals surface area contributed by atoms with Crippen LogP contribution in [0.4, 0.5) is 21.5 Å². The molecule has 0 aromatic heterocycles. The van der Waals surface area contributed by atoms with Crippen LogP contribution in [-0.4, -0.2) is 13.3 Å². The van der Waals surface area contributed by atoms with Crippen molar-refractivity contribution in [3.8, 4) is 0 Å². The average Bonchev–Trinajstić information content (AvgIpc) is 2.39. The summed E-state index contributed by atoms with van der Waals surface area (Å²) in [5, 5.41) is 10.8. The molecule has 0 aliphatic heterocycles. The molecule has 0 saturated heterocycles. The Morgan fingerprint density at radius 2 is 1.91 bits per heavy atom. The molecular formula is C12H9ClFN3O4S. The first kappa shape index (κ1) is 16.0. The molecule has 0 saturated carbocycles. The highest BCUT2D eigenvalue weighted by Crippen LogP contribution is 2.27. The van der Waals surface area contributed by atoms with E-state index >= 15 is 0 Å². The summed E-state index contributed by atoms with van der Waals surface area (Å²) < 4.78 is 39.9. The van der Waals surface area contributed by atoms with E-state index in [0.717, 1.165) is 18.2 Å². The fourth-order valence-corrected chi connectivity index (χ4v) is 2.94. The summed E-state index contributed by atoms with van der Waals surface area (Å²) in [4.78, 5) is 9.39. The van der Waals surface area contributed by atoms with E-state index in [1.54, 1.807) is 0 Å². The van der Waals surface area contributed by atoms with Crippen LogP contribution in [0.1, 0.15) is 0 Å². The van der Waals surface area contributed by atoms with Gasteiger partial charge in [0.1, 0.15) is 16.4 Å². The number of hydrogen-bond donors (Lipinski definition) is 2. The van der Waals surface area contributed by atoms with Crippen molar-refractivity contribution < 1.29 is 17.7 Å². The van der Waals surface area contributed by atoms with Gasteiger partial charge in [0.05, 0.1) is 10.6 Å². The van der Waals surface area contributed by atoms with Crippen molar-refractivity contribution in [3.05, 3.63) is 57.4 Å². The summed E-state index contributed by atoms with van der Waals surface area (Å²) in [6, 6.07) is 6.40. The van der Waals surface area contributed by atoms with Gasteiger partial charge in [0.15, 0.2) is 0 Å². The van der Waals surface area contributed by atoms with Gasteiger partial charge in [0.25, 0.3) is 15.7 Å². The maximum absolute atomic E-state index is 13.7. The van der Waals surface area contributed by atoms with Gasteiger partial charge in [-0.15, -0.1) is 0 Å². The largest absolute Gasteiger partial charge is 0.393 e. The molecule has 0 fully saturated rings. The SMILES string of the molecule is Nc1ccc(NS(=O)(=O)c2ccc(Cl)cc2F)cc1[N+](=O)[O-]. The number of rotatable bonds is 4. The van der Waals surface area contributed by atoms with Crippen LogP contribution in [0, 0.1) is 15.9 Å². The van der Waals surface area contributed by atoms with Gasteiger partial charge < -0.3 is 5.73 Å². The number of hydrogen-bond acceptors (Lipinski definition) is 5. The Labute approximate surface area is 129 Å². The monoisotopic (exact) mass is 345 g/mol. The first-order chi connectivity index (χ1) is 10.2. The van der Waals surface area contributed by atoms with Crippen LogP contribution in [-0.2, 0) is 10.0 Å². The minimum atomic E-state index is -4.26. The molecule has 0 bridgehead atoms. The van der Waals surface area contributed by atoms with E-state index < -0.39 is 31.3 Å². The molecule has 7 nitrogen and oxygen atoms in total. The molecule has 3 N–H and O–H groups in total. The Hall–Kier alpha value is -2.39. The van der Waals surface area contributed by atoms with Crippen LogP contribution in [0.15, 0.2) is 41.3 Å². The molecule has 0 heterocycles. The normalized spacial score (nSPS) is 11.2. The molecule has 0 radical (unpaired) electrons. The predicted octanol–water partition coefficient (Wildman–Crippen LogP) is 2.77. The van der Waals surface area contributed by atoms with Crippen LogP contribution < -0.4 is 10.5 Å². The lowest BCUT2D eigenvalue weighted by Gasteiger charge is -2.09. The van der Waals surface area contributed by atoms with Crippen LogP contribution in [0.3, 0.4) is 0 Å². The van der Waals surface area contributed by atoms with Gasteiger partial charge in [-0.25, -0.2) is 12.8 Å². The number of nitrogen functional groups attached to an aromatic ring is 1. The van der Waals surface area contributed by atoms with Crippen molar-refractivity contribution in [2.45, 2.75) is 4.90 Å². The molecule has 0 amide bonds. The van der Waals surface area contributed by atoms with E-state index in [1.807, 2.05) is 4.72 Å². The zero-order chi connectivity index (χ0) is 16.5. The molecule has 116 valence electrons. The smallest absolute Gasteiger partial charge is 0.294 e. The van der Waals surface area contributed by atoms with Gasteiger partial charge >= 0.3 is 0 Å². The molecule has 22 heavy (non-hydrogen) atoms. The van der Waals surface area contributed by atoms with Crippen LogP contribution in [0.25, 0.3) is 0 Å². The van der Waals surface area contributed by atoms with Gasteiger partial charge in [0.2, 0.25) is 0 Å². The second kappa shape index (κ2) is 5.78. The number of benzene rings is 2.